The van der Waals surface area contributed by atoms with Crippen LogP contribution in [0.25, 0.3) is 0 Å². The second kappa shape index (κ2) is 5.59. The molecule has 0 aliphatic heterocycles. The summed E-state index contributed by atoms with van der Waals surface area (Å²) >= 11 is 0. The molecule has 4 nitrogen and oxygen atoms in total. The lowest BCUT2D eigenvalue weighted by atomic mass is 10.1. The van der Waals surface area contributed by atoms with Crippen LogP contribution in [0.5, 0.6) is 11.6 Å². The predicted molar refractivity (Wildman–Crippen MR) is 77.9 cm³/mol. The van der Waals surface area contributed by atoms with Gasteiger partial charge in [-0.15, -0.1) is 5.10 Å². The van der Waals surface area contributed by atoms with E-state index < -0.39 is 0 Å². The zero-order valence-corrected chi connectivity index (χ0v) is 11.9. The molecule has 1 aromatic heterocycles. The number of aromatic nitrogens is 2. The molecule has 0 unspecified atom stereocenters. The molecule has 1 saturated carbocycles. The molecule has 1 fully saturated rings. The molecular formula is C16H19N3O. The first-order valence-corrected chi connectivity index (χ1v) is 7.02. The van der Waals surface area contributed by atoms with Gasteiger partial charge in [0.05, 0.1) is 5.69 Å². The molecule has 2 aromatic rings. The maximum Gasteiger partial charge on any atom is 0.238 e. The Bertz CT molecular complexity index is 591. The van der Waals surface area contributed by atoms with Crippen LogP contribution in [0, 0.1) is 13.8 Å². The maximum atomic E-state index is 5.76. The topological polar surface area (TPSA) is 47.0 Å². The first kappa shape index (κ1) is 13.1. The molecule has 0 spiro atoms. The molecule has 1 heterocycles. The number of ether oxygens (including phenoxy) is 1. The van der Waals surface area contributed by atoms with E-state index in [1.165, 1.54) is 18.4 Å². The Labute approximate surface area is 119 Å². The summed E-state index contributed by atoms with van der Waals surface area (Å²) in [6.07, 6.45) is 2.56. The van der Waals surface area contributed by atoms with Gasteiger partial charge in [0.25, 0.3) is 0 Å². The van der Waals surface area contributed by atoms with E-state index in [2.05, 4.69) is 28.5 Å². The van der Waals surface area contributed by atoms with Gasteiger partial charge in [-0.05, 0) is 44.4 Å². The Kier molecular flexibility index (Phi) is 3.65. The van der Waals surface area contributed by atoms with Crippen molar-refractivity contribution < 1.29 is 4.74 Å². The smallest absolute Gasteiger partial charge is 0.238 e. The lowest BCUT2D eigenvalue weighted by Crippen LogP contribution is -2.16. The highest BCUT2D eigenvalue weighted by Crippen LogP contribution is 2.24. The monoisotopic (exact) mass is 269 g/mol. The van der Waals surface area contributed by atoms with Gasteiger partial charge in [-0.1, -0.05) is 17.7 Å². The van der Waals surface area contributed by atoms with Crippen LogP contribution < -0.4 is 10.1 Å². The highest BCUT2D eigenvalue weighted by atomic mass is 16.5. The number of aryl methyl sites for hydroxylation is 2. The molecule has 0 amide bonds. The highest BCUT2D eigenvalue weighted by Gasteiger charge is 2.20. The van der Waals surface area contributed by atoms with Crippen molar-refractivity contribution in [1.29, 1.82) is 0 Å². The van der Waals surface area contributed by atoms with Crippen molar-refractivity contribution in [1.82, 2.24) is 15.5 Å². The van der Waals surface area contributed by atoms with Crippen LogP contribution in [0.2, 0.25) is 0 Å². The average Bonchev–Trinajstić information content (AvgIpc) is 3.25. The van der Waals surface area contributed by atoms with E-state index in [0.29, 0.717) is 11.9 Å². The standard InChI is InChI=1S/C16H19N3O/c1-11-3-7-15(12(2)9-11)20-16-8-6-14(18-19-16)10-17-13-4-5-13/h3,6-9,13,17H,4-5,10H2,1-2H3. The summed E-state index contributed by atoms with van der Waals surface area (Å²) in [7, 11) is 0. The van der Waals surface area contributed by atoms with Gasteiger partial charge in [0.1, 0.15) is 5.75 Å². The molecule has 0 atom stereocenters. The second-order valence-corrected chi connectivity index (χ2v) is 5.39. The highest BCUT2D eigenvalue weighted by molar-refractivity contribution is 5.37. The summed E-state index contributed by atoms with van der Waals surface area (Å²) in [5, 5.41) is 11.7. The Hall–Kier alpha value is -1.94. The summed E-state index contributed by atoms with van der Waals surface area (Å²) in [4.78, 5) is 0. The molecule has 20 heavy (non-hydrogen) atoms. The minimum Gasteiger partial charge on any atom is -0.437 e. The van der Waals surface area contributed by atoms with Crippen LogP contribution in [0.15, 0.2) is 30.3 Å². The van der Waals surface area contributed by atoms with Crippen molar-refractivity contribution in [3.8, 4) is 11.6 Å². The lowest BCUT2D eigenvalue weighted by Gasteiger charge is -2.08. The number of nitrogens with one attached hydrogen (secondary N) is 1. The largest absolute Gasteiger partial charge is 0.437 e. The molecule has 1 aliphatic rings. The molecule has 0 radical (unpaired) electrons. The van der Waals surface area contributed by atoms with Gasteiger partial charge in [0.2, 0.25) is 5.88 Å². The van der Waals surface area contributed by atoms with E-state index in [1.807, 2.05) is 31.2 Å². The molecule has 0 saturated heterocycles. The molecule has 4 heteroatoms. The normalized spacial score (nSPS) is 14.3. The number of hydrogen-bond acceptors (Lipinski definition) is 4. The van der Waals surface area contributed by atoms with Crippen LogP contribution in [-0.4, -0.2) is 16.2 Å². The van der Waals surface area contributed by atoms with Gasteiger partial charge in [0.15, 0.2) is 0 Å². The third-order valence-electron chi connectivity index (χ3n) is 3.39. The number of rotatable bonds is 5. The maximum absolute atomic E-state index is 5.76. The van der Waals surface area contributed by atoms with Gasteiger partial charge >= 0.3 is 0 Å². The first-order chi connectivity index (χ1) is 9.70. The quantitative estimate of drug-likeness (QED) is 0.906. The van der Waals surface area contributed by atoms with E-state index in [4.69, 9.17) is 4.74 Å². The molecule has 104 valence electrons. The van der Waals surface area contributed by atoms with Crippen LogP contribution in [0.3, 0.4) is 0 Å². The van der Waals surface area contributed by atoms with E-state index in [-0.39, 0.29) is 0 Å². The van der Waals surface area contributed by atoms with E-state index in [0.717, 1.165) is 23.6 Å². The summed E-state index contributed by atoms with van der Waals surface area (Å²) < 4.78 is 5.76. The summed E-state index contributed by atoms with van der Waals surface area (Å²) in [5.41, 5.74) is 3.28. The SMILES string of the molecule is Cc1ccc(Oc2ccc(CNC3CC3)nn2)c(C)c1. The van der Waals surface area contributed by atoms with E-state index >= 15 is 0 Å². The van der Waals surface area contributed by atoms with Crippen LogP contribution >= 0.6 is 0 Å². The molecular weight excluding hydrogens is 250 g/mol. The Morgan fingerprint density at radius 3 is 2.65 bits per heavy atom. The Balaban J connectivity index is 1.64. The van der Waals surface area contributed by atoms with Crippen LogP contribution in [0.1, 0.15) is 29.7 Å². The third-order valence-corrected chi connectivity index (χ3v) is 3.39. The third kappa shape index (κ3) is 3.33. The summed E-state index contributed by atoms with van der Waals surface area (Å²) in [6, 6.07) is 10.6. The van der Waals surface area contributed by atoms with Gasteiger partial charge in [-0.2, -0.15) is 5.10 Å². The van der Waals surface area contributed by atoms with Crippen molar-refractivity contribution >= 4 is 0 Å². The molecule has 1 aromatic carbocycles. The second-order valence-electron chi connectivity index (χ2n) is 5.39. The summed E-state index contributed by atoms with van der Waals surface area (Å²) in [6.45, 7) is 4.88. The molecule has 0 bridgehead atoms. The van der Waals surface area contributed by atoms with Crippen LogP contribution in [0.4, 0.5) is 0 Å². The van der Waals surface area contributed by atoms with Crippen molar-refractivity contribution in [3.05, 3.63) is 47.2 Å². The summed E-state index contributed by atoms with van der Waals surface area (Å²) in [5.74, 6) is 1.36. The minimum atomic E-state index is 0.534. The predicted octanol–water partition coefficient (Wildman–Crippen LogP) is 3.14. The fourth-order valence-corrected chi connectivity index (χ4v) is 2.06. The van der Waals surface area contributed by atoms with Crippen molar-refractivity contribution in [3.63, 3.8) is 0 Å². The first-order valence-electron chi connectivity index (χ1n) is 7.02. The van der Waals surface area contributed by atoms with Crippen LogP contribution in [-0.2, 0) is 6.54 Å². The van der Waals surface area contributed by atoms with Gasteiger partial charge in [-0.3, -0.25) is 0 Å². The van der Waals surface area contributed by atoms with Gasteiger partial charge in [0, 0.05) is 18.7 Å². The van der Waals surface area contributed by atoms with E-state index in [1.54, 1.807) is 0 Å². The van der Waals surface area contributed by atoms with E-state index in [9.17, 15) is 0 Å². The Morgan fingerprint density at radius 1 is 1.15 bits per heavy atom. The number of hydrogen-bond donors (Lipinski definition) is 1. The zero-order valence-electron chi connectivity index (χ0n) is 11.9. The fourth-order valence-electron chi connectivity index (χ4n) is 2.06. The molecule has 1 N–H and O–H groups in total. The average molecular weight is 269 g/mol. The lowest BCUT2D eigenvalue weighted by molar-refractivity contribution is 0.449. The van der Waals surface area contributed by atoms with Gasteiger partial charge in [-0.25, -0.2) is 0 Å². The molecule has 3 rings (SSSR count). The van der Waals surface area contributed by atoms with Gasteiger partial charge < -0.3 is 10.1 Å². The minimum absolute atomic E-state index is 0.534. The Morgan fingerprint density at radius 2 is 2.00 bits per heavy atom. The van der Waals surface area contributed by atoms with Crippen molar-refractivity contribution in [2.24, 2.45) is 0 Å². The number of benzene rings is 1. The number of nitrogens with zero attached hydrogens (tertiary/aromatic N) is 2. The zero-order chi connectivity index (χ0) is 13.9. The van der Waals surface area contributed by atoms with Crippen molar-refractivity contribution in [2.75, 3.05) is 0 Å². The molecule has 1 aliphatic carbocycles. The fraction of sp³-hybridized carbons (Fsp3) is 0.375. The van der Waals surface area contributed by atoms with Crippen molar-refractivity contribution in [2.45, 2.75) is 39.3 Å².